The molecule has 5 atom stereocenters. The fourth-order valence-corrected chi connectivity index (χ4v) is 7.76. The van der Waals surface area contributed by atoms with E-state index in [1.54, 1.807) is 18.2 Å². The maximum Gasteiger partial charge on any atom is 0.337 e. The van der Waals surface area contributed by atoms with Gasteiger partial charge in [0.05, 0.1) is 16.2 Å². The summed E-state index contributed by atoms with van der Waals surface area (Å²) in [6.45, 7) is 8.39. The quantitative estimate of drug-likeness (QED) is 0.295. The standard InChI is InChI=1S/C29H31N3O4S2/c1-15-13-21(17-9-11-18(12-10-17)30-16(2)33)25-24(29(25,3)4)20(15)14-23-26(34)32(28(37)38-23)31-22-8-6-5-7-19(22)27(35)36/h5-12,14-15,20-21,24-25,31H,13H2,1-4H3,(H,30,33)(H,35,36)/b23-14-. The number of fused-ring (bicyclic) bond motifs is 1. The van der Waals surface area contributed by atoms with Crippen LogP contribution >= 0.6 is 24.0 Å². The third-order valence-electron chi connectivity index (χ3n) is 8.31. The summed E-state index contributed by atoms with van der Waals surface area (Å²) in [5.74, 6) is 0.552. The van der Waals surface area contributed by atoms with Crippen molar-refractivity contribution in [3.63, 3.8) is 0 Å². The maximum absolute atomic E-state index is 13.4. The molecule has 2 amide bonds. The van der Waals surface area contributed by atoms with Crippen molar-refractivity contribution in [2.75, 3.05) is 10.7 Å². The van der Waals surface area contributed by atoms with Crippen molar-refractivity contribution in [2.45, 2.75) is 40.0 Å². The van der Waals surface area contributed by atoms with Gasteiger partial charge in [0.25, 0.3) is 5.91 Å². The molecule has 0 bridgehead atoms. The van der Waals surface area contributed by atoms with E-state index in [2.05, 4.69) is 49.7 Å². The predicted molar refractivity (Wildman–Crippen MR) is 154 cm³/mol. The minimum absolute atomic E-state index is 0.0742. The second-order valence-electron chi connectivity index (χ2n) is 11.1. The number of thiocarbonyl (C=S) groups is 1. The average molecular weight is 550 g/mol. The first-order chi connectivity index (χ1) is 18.0. The minimum atomic E-state index is -1.08. The molecule has 9 heteroatoms. The Labute approximate surface area is 232 Å². The second kappa shape index (κ2) is 9.85. The summed E-state index contributed by atoms with van der Waals surface area (Å²) in [4.78, 5) is 36.9. The molecule has 0 spiro atoms. The van der Waals surface area contributed by atoms with Crippen LogP contribution in [0.3, 0.4) is 0 Å². The molecule has 1 aliphatic heterocycles. The van der Waals surface area contributed by atoms with Crippen LogP contribution in [0, 0.1) is 29.1 Å². The number of aromatic carboxylic acids is 1. The van der Waals surface area contributed by atoms with Gasteiger partial charge in [-0.25, -0.2) is 9.80 Å². The van der Waals surface area contributed by atoms with Gasteiger partial charge in [0.15, 0.2) is 4.32 Å². The lowest BCUT2D eigenvalue weighted by atomic mass is 9.72. The van der Waals surface area contributed by atoms with Gasteiger partial charge in [-0.1, -0.05) is 62.9 Å². The second-order valence-corrected chi connectivity index (χ2v) is 12.8. The molecule has 198 valence electrons. The number of amides is 2. The molecule has 38 heavy (non-hydrogen) atoms. The highest BCUT2D eigenvalue weighted by Gasteiger charge is 2.66. The van der Waals surface area contributed by atoms with Gasteiger partial charge >= 0.3 is 5.97 Å². The first-order valence-electron chi connectivity index (χ1n) is 12.7. The van der Waals surface area contributed by atoms with Crippen molar-refractivity contribution in [3.8, 4) is 0 Å². The number of carboxylic acid groups (broad SMARTS) is 1. The van der Waals surface area contributed by atoms with Gasteiger partial charge in [0.2, 0.25) is 5.91 Å². The SMILES string of the molecule is CC(=O)Nc1ccc(C2CC(C)C(/C=C3\SC(=S)N(Nc4ccccc4C(=O)O)C3=O)C3C2C3(C)C)cc1. The van der Waals surface area contributed by atoms with Gasteiger partial charge in [-0.2, -0.15) is 0 Å². The molecule has 2 saturated carbocycles. The zero-order valence-electron chi connectivity index (χ0n) is 21.7. The van der Waals surface area contributed by atoms with E-state index in [-0.39, 0.29) is 28.7 Å². The maximum atomic E-state index is 13.4. The van der Waals surface area contributed by atoms with Crippen molar-refractivity contribution in [1.29, 1.82) is 0 Å². The Morgan fingerprint density at radius 2 is 1.82 bits per heavy atom. The van der Waals surface area contributed by atoms with E-state index in [4.69, 9.17) is 12.2 Å². The van der Waals surface area contributed by atoms with Crippen LogP contribution in [-0.4, -0.2) is 32.2 Å². The molecule has 1 heterocycles. The number of anilines is 2. The zero-order chi connectivity index (χ0) is 27.4. The van der Waals surface area contributed by atoms with E-state index >= 15 is 0 Å². The molecular weight excluding hydrogens is 518 g/mol. The average Bonchev–Trinajstić information content (AvgIpc) is 3.34. The molecule has 3 fully saturated rings. The number of thioether (sulfide) groups is 1. The van der Waals surface area contributed by atoms with Gasteiger partial charge in [-0.05, 0) is 83.5 Å². The largest absolute Gasteiger partial charge is 0.478 e. The van der Waals surface area contributed by atoms with Gasteiger partial charge in [0, 0.05) is 12.6 Å². The highest BCUT2D eigenvalue weighted by molar-refractivity contribution is 8.26. The lowest BCUT2D eigenvalue weighted by Crippen LogP contribution is -2.34. The van der Waals surface area contributed by atoms with Crippen LogP contribution in [0.4, 0.5) is 11.4 Å². The van der Waals surface area contributed by atoms with Crippen molar-refractivity contribution in [3.05, 3.63) is 70.6 Å². The Balaban J connectivity index is 1.35. The number of carbonyl (C=O) groups excluding carboxylic acids is 2. The van der Waals surface area contributed by atoms with Crippen LogP contribution in [0.25, 0.3) is 0 Å². The number of nitrogens with zero attached hydrogens (tertiary/aromatic N) is 1. The van der Waals surface area contributed by atoms with Gasteiger partial charge in [-0.15, -0.1) is 0 Å². The van der Waals surface area contributed by atoms with Crippen LogP contribution in [0.5, 0.6) is 0 Å². The molecule has 5 rings (SSSR count). The summed E-state index contributed by atoms with van der Waals surface area (Å²) in [6, 6.07) is 14.7. The number of hydrazine groups is 1. The molecule has 0 aromatic heterocycles. The fraction of sp³-hybridized carbons (Fsp3) is 0.379. The van der Waals surface area contributed by atoms with E-state index in [9.17, 15) is 19.5 Å². The van der Waals surface area contributed by atoms with Crippen LogP contribution < -0.4 is 10.7 Å². The van der Waals surface area contributed by atoms with Crippen LogP contribution in [0.1, 0.15) is 56.0 Å². The summed E-state index contributed by atoms with van der Waals surface area (Å²) in [5, 5.41) is 13.6. The molecule has 7 nitrogen and oxygen atoms in total. The highest BCUT2D eigenvalue weighted by Crippen LogP contribution is 2.72. The molecule has 2 aromatic rings. The molecule has 5 unspecified atom stereocenters. The number of allylic oxidation sites excluding steroid dienone is 1. The summed E-state index contributed by atoms with van der Waals surface area (Å²) < 4.78 is 0.355. The fourth-order valence-electron chi connectivity index (χ4n) is 6.55. The number of nitrogens with one attached hydrogen (secondary N) is 2. The van der Waals surface area contributed by atoms with Crippen molar-refractivity contribution >= 4 is 57.5 Å². The van der Waals surface area contributed by atoms with E-state index in [1.807, 2.05) is 12.1 Å². The minimum Gasteiger partial charge on any atom is -0.478 e. The summed E-state index contributed by atoms with van der Waals surface area (Å²) in [6.07, 6.45) is 3.12. The number of hydrogen-bond donors (Lipinski definition) is 3. The number of hydrogen-bond acceptors (Lipinski definition) is 6. The predicted octanol–water partition coefficient (Wildman–Crippen LogP) is 6.13. The Morgan fingerprint density at radius 1 is 1.13 bits per heavy atom. The van der Waals surface area contributed by atoms with Gasteiger partial charge in [-0.3, -0.25) is 15.0 Å². The number of rotatable bonds is 6. The lowest BCUT2D eigenvalue weighted by Gasteiger charge is -2.32. The number of para-hydroxylation sites is 1. The highest BCUT2D eigenvalue weighted by atomic mass is 32.2. The monoisotopic (exact) mass is 549 g/mol. The Hall–Kier alpha value is -3.17. The van der Waals surface area contributed by atoms with Crippen LogP contribution in [0.2, 0.25) is 0 Å². The Kier molecular flexibility index (Phi) is 6.86. The first kappa shape index (κ1) is 26.4. The van der Waals surface area contributed by atoms with Crippen molar-refractivity contribution in [2.24, 2.45) is 29.1 Å². The number of benzene rings is 2. The van der Waals surface area contributed by atoms with E-state index in [0.717, 1.165) is 12.1 Å². The van der Waals surface area contributed by atoms with Crippen molar-refractivity contribution in [1.82, 2.24) is 5.01 Å². The number of carbonyl (C=O) groups is 3. The number of carboxylic acids is 1. The van der Waals surface area contributed by atoms with Gasteiger partial charge < -0.3 is 10.4 Å². The summed E-state index contributed by atoms with van der Waals surface area (Å²) in [5.41, 5.74) is 5.55. The van der Waals surface area contributed by atoms with Crippen LogP contribution in [-0.2, 0) is 9.59 Å². The molecule has 3 aliphatic rings. The normalized spacial score (nSPS) is 28.7. The molecule has 3 N–H and O–H groups in total. The summed E-state index contributed by atoms with van der Waals surface area (Å²) in [7, 11) is 0. The molecule has 0 radical (unpaired) electrons. The van der Waals surface area contributed by atoms with Crippen molar-refractivity contribution < 1.29 is 19.5 Å². The van der Waals surface area contributed by atoms with E-state index < -0.39 is 5.97 Å². The zero-order valence-corrected chi connectivity index (χ0v) is 23.4. The molecule has 1 saturated heterocycles. The lowest BCUT2D eigenvalue weighted by molar-refractivity contribution is -0.121. The van der Waals surface area contributed by atoms with Crippen LogP contribution in [0.15, 0.2) is 59.5 Å². The first-order valence-corrected chi connectivity index (χ1v) is 14.0. The van der Waals surface area contributed by atoms with Gasteiger partial charge in [0.1, 0.15) is 0 Å². The molecular formula is C29H31N3O4S2. The van der Waals surface area contributed by atoms with E-state index in [0.29, 0.717) is 38.6 Å². The third kappa shape index (κ3) is 4.73. The third-order valence-corrected chi connectivity index (χ3v) is 9.63. The summed E-state index contributed by atoms with van der Waals surface area (Å²) >= 11 is 6.75. The topological polar surface area (TPSA) is 98.7 Å². The Morgan fingerprint density at radius 3 is 2.47 bits per heavy atom. The molecule has 2 aliphatic carbocycles. The van der Waals surface area contributed by atoms with E-state index in [1.165, 1.54) is 35.3 Å². The molecule has 2 aromatic carbocycles. The Bertz CT molecular complexity index is 1350. The smallest absolute Gasteiger partial charge is 0.337 e.